The molecule has 0 bridgehead atoms. The van der Waals surface area contributed by atoms with Crippen molar-refractivity contribution in [3.8, 4) is 0 Å². The number of rotatable bonds is 5. The van der Waals surface area contributed by atoms with Crippen molar-refractivity contribution >= 4 is 22.0 Å². The molecule has 0 aromatic carbocycles. The molecule has 8 nitrogen and oxygen atoms in total. The summed E-state index contributed by atoms with van der Waals surface area (Å²) in [6.45, 7) is 6.03. The number of hydrogen-bond donors (Lipinski definition) is 1. The molecule has 0 radical (unpaired) electrons. The van der Waals surface area contributed by atoms with E-state index in [-0.39, 0.29) is 18.6 Å². The maximum atomic E-state index is 12.3. The predicted octanol–water partition coefficient (Wildman–Crippen LogP) is -0.512. The molecule has 0 aromatic rings. The number of amides is 3. The van der Waals surface area contributed by atoms with Crippen LogP contribution in [0.2, 0.25) is 0 Å². The van der Waals surface area contributed by atoms with Gasteiger partial charge in [-0.05, 0) is 12.3 Å². The first-order valence-electron chi connectivity index (χ1n) is 7.48. The molecule has 2 fully saturated rings. The smallest absolute Gasteiger partial charge is 0.325 e. The van der Waals surface area contributed by atoms with E-state index in [0.29, 0.717) is 38.5 Å². The number of sulfonamides is 1. The molecule has 3 amide bonds. The first-order valence-corrected chi connectivity index (χ1v) is 9.32. The molecule has 0 saturated carbocycles. The molecular formula is C13H24N4O4S. The molecule has 0 aliphatic carbocycles. The Labute approximate surface area is 131 Å². The van der Waals surface area contributed by atoms with Crippen LogP contribution in [0.3, 0.4) is 0 Å². The molecule has 1 N–H and O–H groups in total. The zero-order chi connectivity index (χ0) is 16.5. The average molecular weight is 332 g/mol. The molecule has 2 rings (SSSR count). The standard InChI is InChI=1S/C13H24N4O4S/c1-10(2)8-11-12(18)17(13(19)14-11)9-15-4-6-16(7-5-15)22(3,20)21/h10-11H,4-9H2,1-3H3,(H,14,19). The zero-order valence-corrected chi connectivity index (χ0v) is 14.1. The summed E-state index contributed by atoms with van der Waals surface area (Å²) in [7, 11) is -3.17. The van der Waals surface area contributed by atoms with E-state index >= 15 is 0 Å². The van der Waals surface area contributed by atoms with E-state index in [2.05, 4.69) is 5.32 Å². The number of urea groups is 1. The number of nitrogens with one attached hydrogen (secondary N) is 1. The number of carbonyl (C=O) groups is 2. The Kier molecular flexibility index (Phi) is 5.08. The van der Waals surface area contributed by atoms with Gasteiger partial charge in [0.25, 0.3) is 5.91 Å². The van der Waals surface area contributed by atoms with Gasteiger partial charge in [-0.25, -0.2) is 18.1 Å². The molecule has 2 aliphatic rings. The van der Waals surface area contributed by atoms with Gasteiger partial charge in [-0.3, -0.25) is 9.69 Å². The van der Waals surface area contributed by atoms with Crippen molar-refractivity contribution in [3.63, 3.8) is 0 Å². The van der Waals surface area contributed by atoms with Gasteiger partial charge >= 0.3 is 6.03 Å². The van der Waals surface area contributed by atoms with Gasteiger partial charge in [0, 0.05) is 26.2 Å². The highest BCUT2D eigenvalue weighted by Gasteiger charge is 2.39. The fourth-order valence-corrected chi connectivity index (χ4v) is 3.57. The van der Waals surface area contributed by atoms with Crippen LogP contribution in [0.5, 0.6) is 0 Å². The lowest BCUT2D eigenvalue weighted by Gasteiger charge is -2.34. The minimum Gasteiger partial charge on any atom is -0.326 e. The van der Waals surface area contributed by atoms with Crippen LogP contribution in [-0.4, -0.2) is 79.6 Å². The van der Waals surface area contributed by atoms with Crippen LogP contribution in [0.4, 0.5) is 4.79 Å². The molecule has 126 valence electrons. The quantitative estimate of drug-likeness (QED) is 0.685. The summed E-state index contributed by atoms with van der Waals surface area (Å²) in [6.07, 6.45) is 1.82. The van der Waals surface area contributed by atoms with Gasteiger partial charge in [0.2, 0.25) is 10.0 Å². The molecular weight excluding hydrogens is 308 g/mol. The van der Waals surface area contributed by atoms with Crippen LogP contribution in [0.15, 0.2) is 0 Å². The Morgan fingerprint density at radius 1 is 1.18 bits per heavy atom. The molecule has 2 saturated heterocycles. The topological polar surface area (TPSA) is 90.0 Å². The van der Waals surface area contributed by atoms with E-state index < -0.39 is 16.1 Å². The van der Waals surface area contributed by atoms with Crippen molar-refractivity contribution in [1.29, 1.82) is 0 Å². The zero-order valence-electron chi connectivity index (χ0n) is 13.3. The lowest BCUT2D eigenvalue weighted by Crippen LogP contribution is -2.52. The third-order valence-corrected chi connectivity index (χ3v) is 5.26. The van der Waals surface area contributed by atoms with Gasteiger partial charge < -0.3 is 5.32 Å². The van der Waals surface area contributed by atoms with Gasteiger partial charge in [-0.1, -0.05) is 13.8 Å². The Morgan fingerprint density at radius 2 is 1.77 bits per heavy atom. The Hall–Kier alpha value is -1.19. The molecule has 1 unspecified atom stereocenters. The number of piperazine rings is 1. The van der Waals surface area contributed by atoms with Crippen LogP contribution in [-0.2, 0) is 14.8 Å². The van der Waals surface area contributed by atoms with Crippen molar-refractivity contribution in [3.05, 3.63) is 0 Å². The predicted molar refractivity (Wildman–Crippen MR) is 81.5 cm³/mol. The molecule has 1 atom stereocenters. The molecule has 2 aliphatic heterocycles. The Balaban J connectivity index is 1.89. The molecule has 0 aromatic heterocycles. The first kappa shape index (κ1) is 17.2. The summed E-state index contributed by atoms with van der Waals surface area (Å²) >= 11 is 0. The third kappa shape index (κ3) is 3.96. The number of hydrogen-bond acceptors (Lipinski definition) is 5. The van der Waals surface area contributed by atoms with Crippen molar-refractivity contribution in [2.24, 2.45) is 5.92 Å². The third-order valence-electron chi connectivity index (χ3n) is 3.96. The van der Waals surface area contributed by atoms with E-state index in [1.54, 1.807) is 0 Å². The minimum absolute atomic E-state index is 0.191. The largest absolute Gasteiger partial charge is 0.326 e. The van der Waals surface area contributed by atoms with E-state index in [1.165, 1.54) is 15.5 Å². The summed E-state index contributed by atoms with van der Waals surface area (Å²) in [6, 6.07) is -0.800. The maximum absolute atomic E-state index is 12.3. The highest BCUT2D eigenvalue weighted by atomic mass is 32.2. The highest BCUT2D eigenvalue weighted by Crippen LogP contribution is 2.15. The molecule has 2 heterocycles. The maximum Gasteiger partial charge on any atom is 0.325 e. The monoisotopic (exact) mass is 332 g/mol. The normalized spacial score (nSPS) is 25.1. The lowest BCUT2D eigenvalue weighted by atomic mass is 10.0. The van der Waals surface area contributed by atoms with Crippen molar-refractivity contribution in [2.75, 3.05) is 39.1 Å². The van der Waals surface area contributed by atoms with Crippen molar-refractivity contribution in [2.45, 2.75) is 26.3 Å². The molecule has 0 spiro atoms. The SMILES string of the molecule is CC(C)CC1NC(=O)N(CN2CCN(S(C)(=O)=O)CC2)C1=O. The van der Waals surface area contributed by atoms with E-state index in [1.807, 2.05) is 18.7 Å². The Morgan fingerprint density at radius 3 is 2.27 bits per heavy atom. The van der Waals surface area contributed by atoms with Gasteiger partial charge in [-0.2, -0.15) is 4.31 Å². The fraction of sp³-hybridized carbons (Fsp3) is 0.846. The Bertz CT molecular complexity index is 540. The van der Waals surface area contributed by atoms with Crippen LogP contribution < -0.4 is 5.32 Å². The summed E-state index contributed by atoms with van der Waals surface area (Å²) in [5.74, 6) is 0.136. The van der Waals surface area contributed by atoms with Crippen molar-refractivity contribution in [1.82, 2.24) is 19.4 Å². The second-order valence-electron chi connectivity index (χ2n) is 6.32. The van der Waals surface area contributed by atoms with Gasteiger partial charge in [0.05, 0.1) is 12.9 Å². The molecule has 22 heavy (non-hydrogen) atoms. The van der Waals surface area contributed by atoms with Gasteiger partial charge in [-0.15, -0.1) is 0 Å². The van der Waals surface area contributed by atoms with Crippen LogP contribution in [0.25, 0.3) is 0 Å². The van der Waals surface area contributed by atoms with Crippen LogP contribution in [0, 0.1) is 5.92 Å². The van der Waals surface area contributed by atoms with Gasteiger partial charge in [0.15, 0.2) is 0 Å². The fourth-order valence-electron chi connectivity index (χ4n) is 2.74. The van der Waals surface area contributed by atoms with E-state index in [9.17, 15) is 18.0 Å². The summed E-state index contributed by atoms with van der Waals surface area (Å²) in [5, 5.41) is 2.71. The van der Waals surface area contributed by atoms with Crippen molar-refractivity contribution < 1.29 is 18.0 Å². The van der Waals surface area contributed by atoms with E-state index in [0.717, 1.165) is 0 Å². The summed E-state index contributed by atoms with van der Waals surface area (Å²) in [5.41, 5.74) is 0. The van der Waals surface area contributed by atoms with Gasteiger partial charge in [0.1, 0.15) is 6.04 Å². The average Bonchev–Trinajstić information content (AvgIpc) is 2.65. The number of carbonyl (C=O) groups excluding carboxylic acids is 2. The highest BCUT2D eigenvalue weighted by molar-refractivity contribution is 7.88. The van der Waals surface area contributed by atoms with Crippen LogP contribution in [0.1, 0.15) is 20.3 Å². The number of imide groups is 1. The molecule has 9 heteroatoms. The summed E-state index contributed by atoms with van der Waals surface area (Å²) in [4.78, 5) is 27.3. The second kappa shape index (κ2) is 6.51. The number of nitrogens with zero attached hydrogens (tertiary/aromatic N) is 3. The second-order valence-corrected chi connectivity index (χ2v) is 8.30. The minimum atomic E-state index is -3.17. The first-order chi connectivity index (χ1) is 10.2. The lowest BCUT2D eigenvalue weighted by molar-refractivity contribution is -0.129. The van der Waals surface area contributed by atoms with Crippen LogP contribution >= 0.6 is 0 Å². The summed E-state index contributed by atoms with van der Waals surface area (Å²) < 4.78 is 24.3. The van der Waals surface area contributed by atoms with E-state index in [4.69, 9.17) is 0 Å².